The highest BCUT2D eigenvalue weighted by Gasteiger charge is 2.42. The Morgan fingerprint density at radius 2 is 1.71 bits per heavy atom. The molecule has 2 unspecified atom stereocenters. The van der Waals surface area contributed by atoms with Gasteiger partial charge < -0.3 is 5.32 Å². The highest BCUT2D eigenvalue weighted by Crippen LogP contribution is 2.35. The number of amides is 2. The van der Waals surface area contributed by atoms with Crippen molar-refractivity contribution < 1.29 is 9.59 Å². The van der Waals surface area contributed by atoms with Gasteiger partial charge in [0.05, 0.1) is 10.9 Å². The van der Waals surface area contributed by atoms with E-state index in [1.54, 1.807) is 4.90 Å². The van der Waals surface area contributed by atoms with E-state index in [4.69, 9.17) is 9.98 Å². The predicted octanol–water partition coefficient (Wildman–Crippen LogP) is 4.63. The number of hydrogen-bond donors (Lipinski definition) is 1. The van der Waals surface area contributed by atoms with E-state index in [2.05, 4.69) is 5.32 Å². The van der Waals surface area contributed by atoms with Crippen LogP contribution in [0.5, 0.6) is 0 Å². The Kier molecular flexibility index (Phi) is 6.51. The summed E-state index contributed by atoms with van der Waals surface area (Å²) in [6, 6.07) is 25.1. The molecular formula is C28H26N4O2S. The van der Waals surface area contributed by atoms with Gasteiger partial charge in [-0.15, -0.1) is 0 Å². The van der Waals surface area contributed by atoms with E-state index in [9.17, 15) is 9.59 Å². The minimum absolute atomic E-state index is 0.108. The molecule has 3 aromatic rings. The van der Waals surface area contributed by atoms with E-state index in [1.165, 1.54) is 17.3 Å². The van der Waals surface area contributed by atoms with E-state index in [0.717, 1.165) is 22.4 Å². The van der Waals surface area contributed by atoms with Crippen LogP contribution in [0.15, 0.2) is 88.8 Å². The minimum atomic E-state index is -0.518. The number of nitrogens with zero attached hydrogens (tertiary/aromatic N) is 3. The maximum atomic E-state index is 13.5. The maximum absolute atomic E-state index is 13.5. The molecule has 0 bridgehead atoms. The Labute approximate surface area is 209 Å². The number of benzene rings is 3. The van der Waals surface area contributed by atoms with E-state index < -0.39 is 11.3 Å². The van der Waals surface area contributed by atoms with Crippen molar-refractivity contribution in [2.45, 2.75) is 38.1 Å². The highest BCUT2D eigenvalue weighted by molar-refractivity contribution is 8.15. The van der Waals surface area contributed by atoms with Crippen molar-refractivity contribution in [1.82, 2.24) is 10.2 Å². The van der Waals surface area contributed by atoms with Crippen LogP contribution in [0.2, 0.25) is 0 Å². The fraction of sp³-hybridized carbons (Fsp3) is 0.214. The molecule has 176 valence electrons. The molecule has 1 N–H and O–H groups in total. The van der Waals surface area contributed by atoms with Crippen LogP contribution in [0.4, 0.5) is 5.69 Å². The molecule has 2 heterocycles. The Morgan fingerprint density at radius 1 is 1.00 bits per heavy atom. The predicted molar refractivity (Wildman–Crippen MR) is 141 cm³/mol. The smallest absolute Gasteiger partial charge is 0.259 e. The van der Waals surface area contributed by atoms with Crippen molar-refractivity contribution >= 4 is 40.3 Å². The SMILES string of the molecule is Cc1ccc(CNC(=O)C(C)SC2=Nc3ccccc3C3=NC(Cc4ccccc4)C(=O)N23)cc1. The summed E-state index contributed by atoms with van der Waals surface area (Å²) >= 11 is 1.28. The van der Waals surface area contributed by atoms with Crippen LogP contribution < -0.4 is 5.32 Å². The molecule has 0 radical (unpaired) electrons. The van der Waals surface area contributed by atoms with Crippen LogP contribution in [0, 0.1) is 6.92 Å². The average Bonchev–Trinajstić information content (AvgIpc) is 3.20. The summed E-state index contributed by atoms with van der Waals surface area (Å²) in [7, 11) is 0. The summed E-state index contributed by atoms with van der Waals surface area (Å²) in [6.07, 6.45) is 0.520. The largest absolute Gasteiger partial charge is 0.351 e. The van der Waals surface area contributed by atoms with Crippen molar-refractivity contribution in [2.75, 3.05) is 0 Å². The molecule has 2 amide bonds. The summed E-state index contributed by atoms with van der Waals surface area (Å²) in [5, 5.41) is 3.04. The summed E-state index contributed by atoms with van der Waals surface area (Å²) in [4.78, 5) is 37.5. The van der Waals surface area contributed by atoms with Crippen molar-refractivity contribution in [3.8, 4) is 0 Å². The molecule has 0 fully saturated rings. The van der Waals surface area contributed by atoms with Gasteiger partial charge in [0.15, 0.2) is 5.17 Å². The lowest BCUT2D eigenvalue weighted by Gasteiger charge is -2.27. The zero-order valence-electron chi connectivity index (χ0n) is 19.6. The number of carbonyl (C=O) groups excluding carboxylic acids is 2. The Morgan fingerprint density at radius 3 is 2.49 bits per heavy atom. The number of carbonyl (C=O) groups is 2. The molecule has 35 heavy (non-hydrogen) atoms. The van der Waals surface area contributed by atoms with Crippen molar-refractivity contribution in [3.05, 3.63) is 101 Å². The molecule has 2 aliphatic heterocycles. The molecule has 7 heteroatoms. The van der Waals surface area contributed by atoms with Crippen LogP contribution >= 0.6 is 11.8 Å². The fourth-order valence-corrected chi connectivity index (χ4v) is 5.04. The van der Waals surface area contributed by atoms with Crippen molar-refractivity contribution in [1.29, 1.82) is 0 Å². The van der Waals surface area contributed by atoms with E-state index >= 15 is 0 Å². The summed E-state index contributed by atoms with van der Waals surface area (Å²) < 4.78 is 0. The van der Waals surface area contributed by atoms with Crippen LogP contribution in [0.25, 0.3) is 0 Å². The fourth-order valence-electron chi connectivity index (χ4n) is 4.10. The van der Waals surface area contributed by atoms with Crippen LogP contribution in [-0.4, -0.2) is 39.0 Å². The number of hydrogen-bond acceptors (Lipinski definition) is 5. The molecule has 0 aromatic heterocycles. The number of thioether (sulfide) groups is 1. The highest BCUT2D eigenvalue weighted by atomic mass is 32.2. The van der Waals surface area contributed by atoms with Gasteiger partial charge in [-0.1, -0.05) is 84.1 Å². The monoisotopic (exact) mass is 482 g/mol. The Hall–Kier alpha value is -3.71. The first-order valence-corrected chi connectivity index (χ1v) is 12.5. The first-order chi connectivity index (χ1) is 17.0. The second-order valence-corrected chi connectivity index (χ2v) is 10.0. The first kappa shape index (κ1) is 23.1. The molecule has 2 atom stereocenters. The van der Waals surface area contributed by atoms with Gasteiger partial charge in [0.2, 0.25) is 5.91 Å². The molecule has 5 rings (SSSR count). The number of rotatable bonds is 6. The molecule has 2 aliphatic rings. The molecule has 0 saturated heterocycles. The van der Waals surface area contributed by atoms with Gasteiger partial charge in [-0.3, -0.25) is 14.6 Å². The van der Waals surface area contributed by atoms with E-state index in [0.29, 0.717) is 24.0 Å². The molecule has 3 aromatic carbocycles. The van der Waals surface area contributed by atoms with Crippen LogP contribution in [0.3, 0.4) is 0 Å². The van der Waals surface area contributed by atoms with E-state index in [1.807, 2.05) is 92.7 Å². The van der Waals surface area contributed by atoms with Gasteiger partial charge in [0.25, 0.3) is 5.91 Å². The topological polar surface area (TPSA) is 74.1 Å². The second-order valence-electron chi connectivity index (χ2n) is 8.71. The lowest BCUT2D eigenvalue weighted by molar-refractivity contribution is -0.124. The normalized spacial score (nSPS) is 17.3. The number of amidine groups is 2. The Balaban J connectivity index is 1.34. The van der Waals surface area contributed by atoms with Gasteiger partial charge in [-0.2, -0.15) is 0 Å². The molecule has 0 saturated carbocycles. The third-order valence-corrected chi connectivity index (χ3v) is 7.11. The molecule has 6 nitrogen and oxygen atoms in total. The van der Waals surface area contributed by atoms with Crippen LogP contribution in [-0.2, 0) is 22.6 Å². The second kappa shape index (κ2) is 9.88. The molecule has 0 spiro atoms. The van der Waals surface area contributed by atoms with Crippen molar-refractivity contribution in [2.24, 2.45) is 9.98 Å². The van der Waals surface area contributed by atoms with Gasteiger partial charge in [-0.05, 0) is 37.1 Å². The lowest BCUT2D eigenvalue weighted by Crippen LogP contribution is -2.43. The van der Waals surface area contributed by atoms with Gasteiger partial charge in [0.1, 0.15) is 11.9 Å². The van der Waals surface area contributed by atoms with E-state index in [-0.39, 0.29) is 11.8 Å². The Bertz CT molecular complexity index is 1320. The summed E-state index contributed by atoms with van der Waals surface area (Å²) in [6.45, 7) is 4.32. The number of aryl methyl sites for hydroxylation is 1. The number of nitrogens with one attached hydrogen (secondary N) is 1. The third kappa shape index (κ3) is 4.91. The number of para-hydroxylation sites is 1. The van der Waals surface area contributed by atoms with Gasteiger partial charge >= 0.3 is 0 Å². The quantitative estimate of drug-likeness (QED) is 0.557. The lowest BCUT2D eigenvalue weighted by atomic mass is 10.1. The van der Waals surface area contributed by atoms with Gasteiger partial charge in [0, 0.05) is 18.5 Å². The minimum Gasteiger partial charge on any atom is -0.351 e. The summed E-state index contributed by atoms with van der Waals surface area (Å²) in [5.74, 6) is 0.385. The number of aliphatic imine (C=N–C) groups is 2. The van der Waals surface area contributed by atoms with Crippen molar-refractivity contribution in [3.63, 3.8) is 0 Å². The van der Waals surface area contributed by atoms with Crippen LogP contribution in [0.1, 0.15) is 29.2 Å². The zero-order chi connectivity index (χ0) is 24.4. The summed E-state index contributed by atoms with van der Waals surface area (Å²) in [5.41, 5.74) is 4.86. The molecule has 0 aliphatic carbocycles. The standard InChI is InChI=1S/C28H26N4O2S/c1-18-12-14-21(15-13-18)17-29-26(33)19(2)35-28-31-23-11-7-6-10-22(23)25-30-24(27(34)32(25)28)16-20-8-4-3-5-9-20/h3-15,19,24H,16-17H2,1-2H3,(H,29,33). The van der Waals surface area contributed by atoms with Gasteiger partial charge in [-0.25, -0.2) is 9.89 Å². The zero-order valence-corrected chi connectivity index (χ0v) is 20.5. The first-order valence-electron chi connectivity index (χ1n) is 11.6. The molecular weight excluding hydrogens is 456 g/mol. The number of fused-ring (bicyclic) bond motifs is 3. The average molecular weight is 483 g/mol. The third-order valence-electron chi connectivity index (χ3n) is 6.06. The maximum Gasteiger partial charge on any atom is 0.259 e.